The lowest BCUT2D eigenvalue weighted by Gasteiger charge is -2.01. The number of nitrogens with one attached hydrogen (secondary N) is 2. The molecule has 0 radical (unpaired) electrons. The lowest BCUT2D eigenvalue weighted by molar-refractivity contribution is 0.0958. The van der Waals surface area contributed by atoms with Gasteiger partial charge in [-0.3, -0.25) is 4.79 Å². The molecule has 7 heteroatoms. The Labute approximate surface area is 131 Å². The van der Waals surface area contributed by atoms with Crippen molar-refractivity contribution in [3.05, 3.63) is 32.8 Å². The zero-order valence-electron chi connectivity index (χ0n) is 11.6. The molecule has 2 aromatic rings. The summed E-state index contributed by atoms with van der Waals surface area (Å²) in [6, 6.07) is 6.05. The van der Waals surface area contributed by atoms with Gasteiger partial charge >= 0.3 is 0 Å². The van der Waals surface area contributed by atoms with Crippen LogP contribution in [-0.2, 0) is 6.54 Å². The smallest absolute Gasteiger partial charge is 0.263 e. The van der Waals surface area contributed by atoms with Crippen molar-refractivity contribution in [1.29, 1.82) is 5.26 Å². The number of hydrogen-bond acceptors (Lipinski definition) is 6. The van der Waals surface area contributed by atoms with Gasteiger partial charge in [-0.15, -0.1) is 22.7 Å². The van der Waals surface area contributed by atoms with Gasteiger partial charge in [0.1, 0.15) is 21.5 Å². The number of nitrogens with two attached hydrogens (primary N) is 1. The molecule has 0 unspecified atom stereocenters. The molecule has 110 valence electrons. The van der Waals surface area contributed by atoms with E-state index < -0.39 is 0 Å². The normalized spacial score (nSPS) is 10.1. The van der Waals surface area contributed by atoms with Gasteiger partial charge in [0.25, 0.3) is 5.91 Å². The second-order valence-corrected chi connectivity index (χ2v) is 6.40. The van der Waals surface area contributed by atoms with E-state index in [0.717, 1.165) is 11.3 Å². The Kier molecular flexibility index (Phi) is 5.20. The van der Waals surface area contributed by atoms with Gasteiger partial charge in [-0.25, -0.2) is 0 Å². The molecule has 0 aromatic carbocycles. The molecule has 21 heavy (non-hydrogen) atoms. The second-order valence-electron chi connectivity index (χ2n) is 4.35. The van der Waals surface area contributed by atoms with Crippen molar-refractivity contribution in [2.45, 2.75) is 19.9 Å². The molecule has 2 heterocycles. The van der Waals surface area contributed by atoms with Crippen LogP contribution in [0.3, 0.4) is 0 Å². The van der Waals surface area contributed by atoms with Crippen LogP contribution in [0.1, 0.15) is 33.5 Å². The van der Waals surface area contributed by atoms with Crippen molar-refractivity contribution in [2.24, 2.45) is 0 Å². The van der Waals surface area contributed by atoms with Gasteiger partial charge in [-0.1, -0.05) is 13.0 Å². The van der Waals surface area contributed by atoms with E-state index in [4.69, 9.17) is 5.73 Å². The van der Waals surface area contributed by atoms with E-state index in [9.17, 15) is 10.1 Å². The van der Waals surface area contributed by atoms with E-state index >= 15 is 0 Å². The maximum absolute atomic E-state index is 12.0. The SMILES string of the molecule is CCCNC(=O)c1sc(NCc2cccs2)c(C#N)c1N. The quantitative estimate of drug-likeness (QED) is 0.763. The number of carbonyl (C=O) groups excluding carboxylic acids is 1. The minimum Gasteiger partial charge on any atom is -0.396 e. The van der Waals surface area contributed by atoms with Crippen LogP contribution in [0, 0.1) is 11.3 Å². The van der Waals surface area contributed by atoms with Crippen LogP contribution in [0.4, 0.5) is 10.7 Å². The highest BCUT2D eigenvalue weighted by Gasteiger charge is 2.20. The Morgan fingerprint density at radius 2 is 2.33 bits per heavy atom. The topological polar surface area (TPSA) is 90.9 Å². The number of amides is 1. The van der Waals surface area contributed by atoms with E-state index in [1.807, 2.05) is 24.4 Å². The Balaban J connectivity index is 2.17. The molecule has 0 atom stereocenters. The van der Waals surface area contributed by atoms with Crippen LogP contribution in [-0.4, -0.2) is 12.5 Å². The average Bonchev–Trinajstić information content (AvgIpc) is 3.10. The summed E-state index contributed by atoms with van der Waals surface area (Å²) in [6.07, 6.45) is 0.853. The zero-order chi connectivity index (χ0) is 15.2. The molecule has 0 aliphatic carbocycles. The molecule has 0 saturated heterocycles. The molecule has 2 rings (SSSR count). The van der Waals surface area contributed by atoms with Crippen LogP contribution in [0.2, 0.25) is 0 Å². The summed E-state index contributed by atoms with van der Waals surface area (Å²) >= 11 is 2.86. The fourth-order valence-corrected chi connectivity index (χ4v) is 3.37. The van der Waals surface area contributed by atoms with Crippen LogP contribution < -0.4 is 16.4 Å². The Morgan fingerprint density at radius 1 is 1.52 bits per heavy atom. The molecule has 0 spiro atoms. The minimum absolute atomic E-state index is 0.222. The number of carbonyl (C=O) groups is 1. The number of rotatable bonds is 6. The number of nitrogens with zero attached hydrogens (tertiary/aromatic N) is 1. The lowest BCUT2D eigenvalue weighted by Crippen LogP contribution is -2.23. The first-order valence-corrected chi connectivity index (χ1v) is 8.23. The van der Waals surface area contributed by atoms with Crippen molar-refractivity contribution in [3.8, 4) is 6.07 Å². The highest BCUT2D eigenvalue weighted by molar-refractivity contribution is 7.19. The summed E-state index contributed by atoms with van der Waals surface area (Å²) in [6.45, 7) is 3.19. The summed E-state index contributed by atoms with van der Waals surface area (Å²) < 4.78 is 0. The highest BCUT2D eigenvalue weighted by atomic mass is 32.1. The van der Waals surface area contributed by atoms with E-state index in [1.165, 1.54) is 11.3 Å². The number of nitrogen functional groups attached to an aromatic ring is 1. The van der Waals surface area contributed by atoms with Gasteiger partial charge in [0, 0.05) is 11.4 Å². The van der Waals surface area contributed by atoms with Crippen molar-refractivity contribution < 1.29 is 4.79 Å². The summed E-state index contributed by atoms with van der Waals surface area (Å²) in [5, 5.41) is 17.8. The van der Waals surface area contributed by atoms with Crippen LogP contribution >= 0.6 is 22.7 Å². The number of anilines is 2. The summed E-state index contributed by atoms with van der Waals surface area (Å²) in [5.41, 5.74) is 6.53. The first kappa shape index (κ1) is 15.4. The first-order valence-electron chi connectivity index (χ1n) is 6.54. The van der Waals surface area contributed by atoms with Gasteiger partial charge in [0.15, 0.2) is 0 Å². The molecule has 4 N–H and O–H groups in total. The van der Waals surface area contributed by atoms with E-state index in [1.54, 1.807) is 11.3 Å². The fraction of sp³-hybridized carbons (Fsp3) is 0.286. The minimum atomic E-state index is -0.222. The summed E-state index contributed by atoms with van der Waals surface area (Å²) in [7, 11) is 0. The van der Waals surface area contributed by atoms with Crippen LogP contribution in [0.25, 0.3) is 0 Å². The monoisotopic (exact) mass is 320 g/mol. The third kappa shape index (κ3) is 3.54. The van der Waals surface area contributed by atoms with Crippen molar-refractivity contribution in [3.63, 3.8) is 0 Å². The molecule has 5 nitrogen and oxygen atoms in total. The maximum Gasteiger partial charge on any atom is 0.263 e. The number of thiophene rings is 2. The van der Waals surface area contributed by atoms with Crippen LogP contribution in [0.15, 0.2) is 17.5 Å². The second kappa shape index (κ2) is 7.11. The van der Waals surface area contributed by atoms with Gasteiger partial charge in [0.05, 0.1) is 12.2 Å². The molecule has 0 aliphatic heterocycles. The third-order valence-corrected chi connectivity index (χ3v) is 4.84. The van der Waals surface area contributed by atoms with Crippen molar-refractivity contribution >= 4 is 39.3 Å². The molecule has 0 bridgehead atoms. The predicted octanol–water partition coefficient (Wildman–Crippen LogP) is 3.02. The first-order chi connectivity index (χ1) is 10.2. The Hall–Kier alpha value is -2.04. The standard InChI is InChI=1S/C14H16N4OS2/c1-2-5-17-13(19)12-11(16)10(7-15)14(21-12)18-8-9-4-3-6-20-9/h3-4,6,18H,2,5,8,16H2,1H3,(H,17,19). The summed E-state index contributed by atoms with van der Waals surface area (Å²) in [5.74, 6) is -0.222. The predicted molar refractivity (Wildman–Crippen MR) is 87.7 cm³/mol. The van der Waals surface area contributed by atoms with Gasteiger partial charge < -0.3 is 16.4 Å². The van der Waals surface area contributed by atoms with Gasteiger partial charge in [-0.2, -0.15) is 5.26 Å². The van der Waals surface area contributed by atoms with Crippen LogP contribution in [0.5, 0.6) is 0 Å². The number of hydrogen-bond donors (Lipinski definition) is 3. The van der Waals surface area contributed by atoms with Crippen molar-refractivity contribution in [2.75, 3.05) is 17.6 Å². The molecule has 0 fully saturated rings. The average molecular weight is 320 g/mol. The molecule has 0 aliphatic rings. The number of nitriles is 1. The van der Waals surface area contributed by atoms with Gasteiger partial charge in [0.2, 0.25) is 0 Å². The highest BCUT2D eigenvalue weighted by Crippen LogP contribution is 2.35. The van der Waals surface area contributed by atoms with E-state index in [0.29, 0.717) is 28.5 Å². The van der Waals surface area contributed by atoms with E-state index in [2.05, 4.69) is 16.7 Å². The lowest BCUT2D eigenvalue weighted by atomic mass is 10.2. The van der Waals surface area contributed by atoms with Crippen molar-refractivity contribution in [1.82, 2.24) is 5.32 Å². The molecular weight excluding hydrogens is 304 g/mol. The zero-order valence-corrected chi connectivity index (χ0v) is 13.2. The largest absolute Gasteiger partial charge is 0.396 e. The molecule has 0 saturated carbocycles. The molecule has 1 amide bonds. The van der Waals surface area contributed by atoms with E-state index in [-0.39, 0.29) is 11.6 Å². The Morgan fingerprint density at radius 3 is 2.95 bits per heavy atom. The fourth-order valence-electron chi connectivity index (χ4n) is 1.75. The molecular formula is C14H16N4OS2. The third-order valence-electron chi connectivity index (χ3n) is 2.80. The Bertz CT molecular complexity index is 655. The van der Waals surface area contributed by atoms with Gasteiger partial charge in [-0.05, 0) is 17.9 Å². The maximum atomic E-state index is 12.0. The molecule has 2 aromatic heterocycles. The summed E-state index contributed by atoms with van der Waals surface area (Å²) in [4.78, 5) is 13.6.